The van der Waals surface area contributed by atoms with Crippen molar-refractivity contribution in [3.05, 3.63) is 0 Å². The van der Waals surface area contributed by atoms with Gasteiger partial charge in [0.25, 0.3) is 0 Å². The molecule has 1 aliphatic heterocycles. The van der Waals surface area contributed by atoms with Crippen molar-refractivity contribution in [1.29, 1.82) is 0 Å². The van der Waals surface area contributed by atoms with Gasteiger partial charge in [-0.2, -0.15) is 0 Å². The van der Waals surface area contributed by atoms with Crippen LogP contribution in [0.5, 0.6) is 0 Å². The Morgan fingerprint density at radius 3 is 1.30 bits per heavy atom. The molecule has 1 rings (SSSR count). The van der Waals surface area contributed by atoms with Crippen molar-refractivity contribution < 1.29 is 56.9 Å². The number of hydrogen-bond donors (Lipinski definition) is 0. The maximum Gasteiger partial charge on any atom is 0.308 e. The van der Waals surface area contributed by atoms with Gasteiger partial charge >= 0.3 is 5.97 Å². The lowest BCUT2D eigenvalue weighted by molar-refractivity contribution is -0.169. The normalized spacial score (nSPS) is 15.9. The molecule has 0 aromatic heterocycles. The Hall–Kier alpha value is -0.930. The van der Waals surface area contributed by atoms with Crippen molar-refractivity contribution in [1.82, 2.24) is 0 Å². The Morgan fingerprint density at radius 2 is 0.950 bits per heavy atom. The predicted octanol–water partition coefficient (Wildman–Crippen LogP) is 2.39. The van der Waals surface area contributed by atoms with Crippen LogP contribution in [0.1, 0.15) is 46.5 Å². The third-order valence-electron chi connectivity index (χ3n) is 5.14. The highest BCUT2D eigenvalue weighted by molar-refractivity contribution is 5.69. The van der Waals surface area contributed by atoms with Crippen LogP contribution < -0.4 is 0 Å². The highest BCUT2D eigenvalue weighted by atomic mass is 16.7. The van der Waals surface area contributed by atoms with Crippen LogP contribution in [0.25, 0.3) is 0 Å². The lowest BCUT2D eigenvalue weighted by atomic mass is 10.2. The maximum atomic E-state index is 11.5. The average molecular weight is 583 g/mol. The molecule has 0 aromatic carbocycles. The molecule has 238 valence electrons. The fourth-order valence-electron chi connectivity index (χ4n) is 3.27. The Morgan fingerprint density at radius 1 is 0.575 bits per heavy atom. The molecule has 1 saturated heterocycles. The van der Waals surface area contributed by atoms with E-state index in [4.69, 9.17) is 52.1 Å². The number of carbonyl (C=O) groups is 1. The summed E-state index contributed by atoms with van der Waals surface area (Å²) in [6.07, 6.45) is 3.42. The zero-order valence-corrected chi connectivity index (χ0v) is 25.0. The van der Waals surface area contributed by atoms with E-state index in [0.717, 1.165) is 25.9 Å². The van der Waals surface area contributed by atoms with Crippen LogP contribution in [0.4, 0.5) is 0 Å². The maximum absolute atomic E-state index is 11.5. The summed E-state index contributed by atoms with van der Waals surface area (Å²) in [6.45, 7) is 14.7. The second kappa shape index (κ2) is 26.9. The van der Waals surface area contributed by atoms with Crippen molar-refractivity contribution in [3.8, 4) is 0 Å². The zero-order valence-electron chi connectivity index (χ0n) is 25.0. The highest BCUT2D eigenvalue weighted by Crippen LogP contribution is 2.13. The topological polar surface area (TPSA) is 119 Å². The van der Waals surface area contributed by atoms with Crippen molar-refractivity contribution in [2.24, 2.45) is 0 Å². The molecule has 0 spiro atoms. The summed E-state index contributed by atoms with van der Waals surface area (Å²) in [4.78, 5) is 11.5. The minimum Gasteiger partial charge on any atom is -0.460 e. The number of esters is 1. The lowest BCUT2D eigenvalue weighted by Crippen LogP contribution is -2.24. The number of ether oxygens (including phenoxy) is 11. The highest BCUT2D eigenvalue weighted by Gasteiger charge is 2.15. The fraction of sp³-hybridized carbons (Fsp3) is 0.964. The quantitative estimate of drug-likeness (QED) is 0.0995. The molecule has 0 aliphatic carbocycles. The van der Waals surface area contributed by atoms with Crippen molar-refractivity contribution in [3.63, 3.8) is 0 Å². The van der Waals surface area contributed by atoms with Crippen molar-refractivity contribution >= 4 is 5.97 Å². The van der Waals surface area contributed by atoms with Crippen LogP contribution in [0, 0.1) is 0 Å². The first kappa shape index (κ1) is 37.1. The molecule has 1 heterocycles. The van der Waals surface area contributed by atoms with E-state index in [1.807, 2.05) is 20.8 Å². The lowest BCUT2D eigenvalue weighted by Gasteiger charge is -2.22. The summed E-state index contributed by atoms with van der Waals surface area (Å²) in [5.74, 6) is -0.261. The van der Waals surface area contributed by atoms with Gasteiger partial charge in [0.15, 0.2) is 6.29 Å². The van der Waals surface area contributed by atoms with Crippen LogP contribution in [-0.4, -0.2) is 137 Å². The van der Waals surface area contributed by atoms with Gasteiger partial charge in [-0.3, -0.25) is 4.79 Å². The largest absolute Gasteiger partial charge is 0.460 e. The van der Waals surface area contributed by atoms with Gasteiger partial charge < -0.3 is 52.1 Å². The van der Waals surface area contributed by atoms with E-state index in [-0.39, 0.29) is 18.7 Å². The molecule has 1 fully saturated rings. The standard InChI is InChI=1S/C28H54O12/c1-28(2,3)40-26(29)7-9-30-10-11-31-12-13-32-14-15-33-16-17-34-18-19-35-20-21-36-22-23-37-24-25-39-27-6-4-5-8-38-27/h27H,4-25H2,1-3H3. The number of hydrogen-bond acceptors (Lipinski definition) is 12. The molecule has 0 N–H and O–H groups in total. The molecular formula is C28H54O12. The minimum atomic E-state index is -0.469. The minimum absolute atomic E-state index is 0.0667. The van der Waals surface area contributed by atoms with Gasteiger partial charge in [-0.05, 0) is 40.0 Å². The molecule has 0 amide bonds. The van der Waals surface area contributed by atoms with Crippen LogP contribution in [0.2, 0.25) is 0 Å². The Bertz CT molecular complexity index is 552. The third-order valence-corrected chi connectivity index (χ3v) is 5.14. The molecule has 40 heavy (non-hydrogen) atoms. The molecule has 0 bridgehead atoms. The Kier molecular flexibility index (Phi) is 25.0. The van der Waals surface area contributed by atoms with E-state index >= 15 is 0 Å². The predicted molar refractivity (Wildman–Crippen MR) is 147 cm³/mol. The first-order chi connectivity index (χ1) is 19.5. The average Bonchev–Trinajstić information content (AvgIpc) is 2.92. The van der Waals surface area contributed by atoms with Crippen molar-refractivity contribution in [2.45, 2.75) is 58.3 Å². The molecule has 1 unspecified atom stereocenters. The molecule has 0 saturated carbocycles. The molecule has 0 aromatic rings. The second-order valence-electron chi connectivity index (χ2n) is 9.90. The van der Waals surface area contributed by atoms with Crippen LogP contribution >= 0.6 is 0 Å². The monoisotopic (exact) mass is 582 g/mol. The van der Waals surface area contributed by atoms with Gasteiger partial charge in [-0.25, -0.2) is 0 Å². The summed E-state index contributed by atoms with van der Waals surface area (Å²) < 4.78 is 59.8. The summed E-state index contributed by atoms with van der Waals surface area (Å²) in [7, 11) is 0. The van der Waals surface area contributed by atoms with E-state index in [2.05, 4.69) is 0 Å². The van der Waals surface area contributed by atoms with Crippen LogP contribution in [0.3, 0.4) is 0 Å². The van der Waals surface area contributed by atoms with E-state index in [1.54, 1.807) is 0 Å². The zero-order chi connectivity index (χ0) is 29.0. The third kappa shape index (κ3) is 27.3. The van der Waals surface area contributed by atoms with Gasteiger partial charge in [0.2, 0.25) is 0 Å². The van der Waals surface area contributed by atoms with Crippen LogP contribution in [-0.2, 0) is 56.9 Å². The summed E-state index contributed by atoms with van der Waals surface area (Å²) in [6, 6.07) is 0. The fourth-order valence-corrected chi connectivity index (χ4v) is 3.27. The van der Waals surface area contributed by atoms with E-state index in [9.17, 15) is 4.79 Å². The Labute approximate surface area is 240 Å². The van der Waals surface area contributed by atoms with E-state index < -0.39 is 5.60 Å². The molecule has 12 heteroatoms. The molecule has 1 aliphatic rings. The van der Waals surface area contributed by atoms with E-state index in [0.29, 0.717) is 112 Å². The molecule has 12 nitrogen and oxygen atoms in total. The van der Waals surface area contributed by atoms with Gasteiger partial charge in [0.1, 0.15) is 5.60 Å². The summed E-state index contributed by atoms with van der Waals surface area (Å²) >= 11 is 0. The van der Waals surface area contributed by atoms with Gasteiger partial charge in [0, 0.05) is 6.61 Å². The first-order valence-electron chi connectivity index (χ1n) is 14.5. The van der Waals surface area contributed by atoms with Crippen molar-refractivity contribution in [2.75, 3.05) is 119 Å². The van der Waals surface area contributed by atoms with E-state index in [1.165, 1.54) is 0 Å². The SMILES string of the molecule is CC(C)(C)OC(=O)CCOCCOCCOCCOCCOCCOCCOCCOCCOC1CCCCO1. The van der Waals surface area contributed by atoms with Gasteiger partial charge in [-0.15, -0.1) is 0 Å². The second-order valence-corrected chi connectivity index (χ2v) is 9.90. The first-order valence-corrected chi connectivity index (χ1v) is 14.5. The number of carbonyl (C=O) groups excluding carboxylic acids is 1. The van der Waals surface area contributed by atoms with Crippen LogP contribution in [0.15, 0.2) is 0 Å². The summed E-state index contributed by atoms with van der Waals surface area (Å²) in [5, 5.41) is 0. The summed E-state index contributed by atoms with van der Waals surface area (Å²) in [5.41, 5.74) is -0.469. The smallest absolute Gasteiger partial charge is 0.308 e. The Balaban J connectivity index is 1.64. The molecule has 0 radical (unpaired) electrons. The molecular weight excluding hydrogens is 528 g/mol. The van der Waals surface area contributed by atoms with Gasteiger partial charge in [-0.1, -0.05) is 0 Å². The number of rotatable bonds is 28. The van der Waals surface area contributed by atoms with Gasteiger partial charge in [0.05, 0.1) is 119 Å². The molecule has 1 atom stereocenters.